The summed E-state index contributed by atoms with van der Waals surface area (Å²) in [6.07, 6.45) is 3.45. The number of carbonyl (C=O) groups excluding carboxylic acids is 1. The number of anilines is 1. The molecule has 0 radical (unpaired) electrons. The molecule has 0 fully saturated rings. The molecule has 0 aliphatic heterocycles. The van der Waals surface area contributed by atoms with E-state index < -0.39 is 0 Å². The van der Waals surface area contributed by atoms with Crippen molar-refractivity contribution in [2.24, 2.45) is 0 Å². The second kappa shape index (κ2) is 10.4. The second-order valence-electron chi connectivity index (χ2n) is 7.65. The summed E-state index contributed by atoms with van der Waals surface area (Å²) >= 11 is 1.35. The van der Waals surface area contributed by atoms with Crippen molar-refractivity contribution in [3.05, 3.63) is 91.3 Å². The van der Waals surface area contributed by atoms with E-state index >= 15 is 0 Å². The maximum absolute atomic E-state index is 13.0. The molecule has 8 nitrogen and oxygen atoms in total. The fraction of sp³-hybridized carbons (Fsp3) is 0.115. The molecule has 9 heteroatoms. The number of hydrogen-bond donors (Lipinski definition) is 1. The fourth-order valence-electron chi connectivity index (χ4n) is 3.69. The summed E-state index contributed by atoms with van der Waals surface area (Å²) in [5.41, 5.74) is 3.56. The van der Waals surface area contributed by atoms with Gasteiger partial charge in [0.2, 0.25) is 5.91 Å². The summed E-state index contributed by atoms with van der Waals surface area (Å²) in [6.45, 7) is 2.72. The first-order valence-electron chi connectivity index (χ1n) is 11.2. The SMILES string of the molecule is CCn1c(SCC(=O)Nc2cc(-c3ccccc3)nn2-c2ccccc2)nnc1-c1ccncc1. The molecule has 3 aromatic heterocycles. The van der Waals surface area contributed by atoms with Gasteiger partial charge in [-0.05, 0) is 31.2 Å². The molecule has 0 bridgehead atoms. The highest BCUT2D eigenvalue weighted by atomic mass is 32.2. The molecular weight excluding hydrogens is 458 g/mol. The molecule has 2 aromatic carbocycles. The van der Waals surface area contributed by atoms with Crippen LogP contribution in [0.1, 0.15) is 6.92 Å². The number of thioether (sulfide) groups is 1. The first-order chi connectivity index (χ1) is 17.2. The van der Waals surface area contributed by atoms with Crippen molar-refractivity contribution in [2.45, 2.75) is 18.6 Å². The number of para-hydroxylation sites is 1. The van der Waals surface area contributed by atoms with Crippen molar-refractivity contribution in [1.29, 1.82) is 0 Å². The predicted octanol–water partition coefficient (Wildman–Crippen LogP) is 4.94. The van der Waals surface area contributed by atoms with Crippen LogP contribution in [0.15, 0.2) is 96.4 Å². The summed E-state index contributed by atoms with van der Waals surface area (Å²) in [6, 6.07) is 25.3. The number of nitrogens with one attached hydrogen (secondary N) is 1. The topological polar surface area (TPSA) is 90.5 Å². The number of benzene rings is 2. The number of aromatic nitrogens is 6. The van der Waals surface area contributed by atoms with Gasteiger partial charge >= 0.3 is 0 Å². The second-order valence-corrected chi connectivity index (χ2v) is 8.59. The molecule has 0 atom stereocenters. The molecule has 3 heterocycles. The summed E-state index contributed by atoms with van der Waals surface area (Å²) in [5.74, 6) is 1.40. The van der Waals surface area contributed by atoms with Crippen molar-refractivity contribution < 1.29 is 4.79 Å². The zero-order valence-corrected chi connectivity index (χ0v) is 19.9. The van der Waals surface area contributed by atoms with Gasteiger partial charge in [-0.25, -0.2) is 4.68 Å². The first kappa shape index (κ1) is 22.5. The van der Waals surface area contributed by atoms with Crippen LogP contribution in [0.5, 0.6) is 0 Å². The van der Waals surface area contributed by atoms with E-state index in [1.165, 1.54) is 11.8 Å². The van der Waals surface area contributed by atoms with Crippen LogP contribution in [0, 0.1) is 0 Å². The minimum Gasteiger partial charge on any atom is -0.310 e. The number of nitrogens with zero attached hydrogens (tertiary/aromatic N) is 6. The van der Waals surface area contributed by atoms with E-state index in [9.17, 15) is 4.79 Å². The van der Waals surface area contributed by atoms with Crippen molar-refractivity contribution in [3.8, 4) is 28.3 Å². The van der Waals surface area contributed by atoms with Gasteiger partial charge in [-0.15, -0.1) is 10.2 Å². The quantitative estimate of drug-likeness (QED) is 0.316. The maximum Gasteiger partial charge on any atom is 0.236 e. The molecule has 0 aliphatic carbocycles. The molecule has 0 saturated heterocycles. The van der Waals surface area contributed by atoms with Crippen molar-refractivity contribution in [1.82, 2.24) is 29.5 Å². The summed E-state index contributed by atoms with van der Waals surface area (Å²) in [4.78, 5) is 17.0. The Kier molecular flexibility index (Phi) is 6.67. The molecule has 5 aromatic rings. The average Bonchev–Trinajstić information content (AvgIpc) is 3.53. The molecule has 5 rings (SSSR count). The van der Waals surface area contributed by atoms with Crippen LogP contribution in [-0.2, 0) is 11.3 Å². The molecule has 0 saturated carbocycles. The minimum atomic E-state index is -0.150. The van der Waals surface area contributed by atoms with E-state index in [0.29, 0.717) is 17.5 Å². The third kappa shape index (κ3) is 4.99. The Hall–Kier alpha value is -4.24. The lowest BCUT2D eigenvalue weighted by Gasteiger charge is -2.09. The maximum atomic E-state index is 13.0. The van der Waals surface area contributed by atoms with E-state index in [4.69, 9.17) is 5.10 Å². The van der Waals surface area contributed by atoms with Gasteiger partial charge in [0.1, 0.15) is 5.82 Å². The third-order valence-electron chi connectivity index (χ3n) is 5.35. The molecule has 35 heavy (non-hydrogen) atoms. The van der Waals surface area contributed by atoms with Gasteiger partial charge in [-0.3, -0.25) is 9.78 Å². The van der Waals surface area contributed by atoms with E-state index in [-0.39, 0.29) is 11.7 Å². The summed E-state index contributed by atoms with van der Waals surface area (Å²) in [7, 11) is 0. The van der Waals surface area contributed by atoms with Crippen molar-refractivity contribution in [3.63, 3.8) is 0 Å². The van der Waals surface area contributed by atoms with Gasteiger partial charge in [0.05, 0.1) is 17.1 Å². The van der Waals surface area contributed by atoms with E-state index in [1.54, 1.807) is 17.1 Å². The lowest BCUT2D eigenvalue weighted by Crippen LogP contribution is -2.17. The van der Waals surface area contributed by atoms with Crippen LogP contribution < -0.4 is 5.32 Å². The van der Waals surface area contributed by atoms with Gasteiger partial charge in [-0.1, -0.05) is 60.3 Å². The van der Waals surface area contributed by atoms with Crippen molar-refractivity contribution in [2.75, 3.05) is 11.1 Å². The van der Waals surface area contributed by atoms with E-state index in [2.05, 4.69) is 20.5 Å². The number of amides is 1. The summed E-state index contributed by atoms with van der Waals surface area (Å²) < 4.78 is 3.75. The molecule has 1 N–H and O–H groups in total. The van der Waals surface area contributed by atoms with E-state index in [0.717, 1.165) is 28.3 Å². The monoisotopic (exact) mass is 481 g/mol. The minimum absolute atomic E-state index is 0.150. The van der Waals surface area contributed by atoms with Crippen LogP contribution in [0.3, 0.4) is 0 Å². The van der Waals surface area contributed by atoms with Crippen LogP contribution in [0.2, 0.25) is 0 Å². The number of rotatable bonds is 8. The standard InChI is InChI=1S/C26H23N7OS/c1-2-32-25(20-13-15-27-16-14-20)29-30-26(32)35-18-24(34)28-23-17-22(19-9-5-3-6-10-19)31-33(23)21-11-7-4-8-12-21/h3-17H,2,18H2,1H3,(H,28,34). The lowest BCUT2D eigenvalue weighted by molar-refractivity contribution is -0.113. The highest BCUT2D eigenvalue weighted by Gasteiger charge is 2.17. The summed E-state index contributed by atoms with van der Waals surface area (Å²) in [5, 5.41) is 17.1. The molecule has 0 unspecified atom stereocenters. The van der Waals surface area contributed by atoms with Gasteiger partial charge in [0.15, 0.2) is 11.0 Å². The van der Waals surface area contributed by atoms with Crippen LogP contribution in [-0.4, -0.2) is 41.2 Å². The highest BCUT2D eigenvalue weighted by molar-refractivity contribution is 7.99. The van der Waals surface area contributed by atoms with Crippen LogP contribution in [0.25, 0.3) is 28.3 Å². The Labute approximate surface area is 207 Å². The zero-order valence-electron chi connectivity index (χ0n) is 19.1. The Morgan fingerprint density at radius 1 is 0.914 bits per heavy atom. The Bertz CT molecular complexity index is 1420. The van der Waals surface area contributed by atoms with E-state index in [1.807, 2.05) is 90.4 Å². The zero-order chi connectivity index (χ0) is 24.0. The average molecular weight is 482 g/mol. The molecule has 0 aliphatic rings. The Morgan fingerprint density at radius 2 is 1.63 bits per heavy atom. The molecule has 174 valence electrons. The van der Waals surface area contributed by atoms with Crippen molar-refractivity contribution >= 4 is 23.5 Å². The molecule has 0 spiro atoms. The van der Waals surface area contributed by atoms with Gasteiger partial charge in [0, 0.05) is 36.1 Å². The fourth-order valence-corrected chi connectivity index (χ4v) is 4.49. The normalized spacial score (nSPS) is 10.9. The largest absolute Gasteiger partial charge is 0.310 e. The molecule has 1 amide bonds. The molecular formula is C26H23N7OS. The van der Waals surface area contributed by atoms with Gasteiger partial charge < -0.3 is 9.88 Å². The number of pyridine rings is 1. The number of carbonyl (C=O) groups is 1. The number of hydrogen-bond acceptors (Lipinski definition) is 6. The van der Waals surface area contributed by atoms with Crippen LogP contribution in [0.4, 0.5) is 5.82 Å². The van der Waals surface area contributed by atoms with Gasteiger partial charge in [0.25, 0.3) is 0 Å². The van der Waals surface area contributed by atoms with Crippen LogP contribution >= 0.6 is 11.8 Å². The lowest BCUT2D eigenvalue weighted by atomic mass is 10.2. The van der Waals surface area contributed by atoms with Gasteiger partial charge in [-0.2, -0.15) is 5.10 Å². The first-order valence-corrected chi connectivity index (χ1v) is 12.2. The Morgan fingerprint density at radius 3 is 2.34 bits per heavy atom. The smallest absolute Gasteiger partial charge is 0.236 e. The third-order valence-corrected chi connectivity index (χ3v) is 6.32. The highest BCUT2D eigenvalue weighted by Crippen LogP contribution is 2.26. The Balaban J connectivity index is 1.35. The predicted molar refractivity (Wildman–Crippen MR) is 137 cm³/mol.